The number of likely N-dealkylation sites (N-methyl/N-ethyl adjacent to an activating group) is 1. The van der Waals surface area contributed by atoms with E-state index in [0.717, 1.165) is 22.7 Å². The summed E-state index contributed by atoms with van der Waals surface area (Å²) >= 11 is 0. The molecule has 0 radical (unpaired) electrons. The quantitative estimate of drug-likeness (QED) is 0.574. The van der Waals surface area contributed by atoms with Crippen molar-refractivity contribution in [1.29, 1.82) is 0 Å². The van der Waals surface area contributed by atoms with Crippen molar-refractivity contribution in [3.63, 3.8) is 0 Å². The third-order valence-electron chi connectivity index (χ3n) is 5.39. The lowest BCUT2D eigenvalue weighted by atomic mass is 9.71. The van der Waals surface area contributed by atoms with Gasteiger partial charge in [0, 0.05) is 6.42 Å². The van der Waals surface area contributed by atoms with Crippen LogP contribution < -0.4 is 0 Å². The summed E-state index contributed by atoms with van der Waals surface area (Å²) in [6.45, 7) is 10.2. The van der Waals surface area contributed by atoms with Crippen molar-refractivity contribution >= 4 is 0 Å². The van der Waals surface area contributed by atoms with E-state index in [1.54, 1.807) is 0 Å². The number of hydrogen-bond acceptors (Lipinski definition) is 1. The molecule has 114 valence electrons. The fourth-order valence-electron chi connectivity index (χ4n) is 3.87. The van der Waals surface area contributed by atoms with Crippen LogP contribution in [0.25, 0.3) is 0 Å². The highest BCUT2D eigenvalue weighted by Crippen LogP contribution is 2.40. The molecule has 0 aliphatic heterocycles. The number of rotatable bonds is 6. The minimum absolute atomic E-state index is 0.394. The van der Waals surface area contributed by atoms with Crippen LogP contribution in [0.1, 0.15) is 66.2 Å². The highest BCUT2D eigenvalue weighted by Gasteiger charge is 2.47. The third kappa shape index (κ3) is 4.46. The van der Waals surface area contributed by atoms with Gasteiger partial charge < -0.3 is 9.59 Å². The maximum atomic E-state index is 10.8. The Bertz CT molecular complexity index is 270. The topological polar surface area (TPSA) is 20.2 Å². The van der Waals surface area contributed by atoms with E-state index >= 15 is 0 Å². The summed E-state index contributed by atoms with van der Waals surface area (Å²) in [6, 6.07) is 0.394. The molecule has 1 aliphatic carbocycles. The van der Waals surface area contributed by atoms with Gasteiger partial charge in [-0.1, -0.05) is 27.2 Å². The molecule has 0 heterocycles. The van der Waals surface area contributed by atoms with Crippen LogP contribution in [0.2, 0.25) is 0 Å². The second-order valence-corrected chi connectivity index (χ2v) is 7.86. The predicted octanol–water partition coefficient (Wildman–Crippen LogP) is 3.83. The van der Waals surface area contributed by atoms with E-state index < -0.39 is 5.60 Å². The summed E-state index contributed by atoms with van der Waals surface area (Å²) < 4.78 is 0.982. The van der Waals surface area contributed by atoms with Gasteiger partial charge in [0.25, 0.3) is 0 Å². The molecule has 1 N–H and O–H groups in total. The van der Waals surface area contributed by atoms with Crippen LogP contribution in [0.3, 0.4) is 0 Å². The average molecular weight is 270 g/mol. The Balaban J connectivity index is 2.74. The van der Waals surface area contributed by atoms with E-state index in [4.69, 9.17) is 0 Å². The Morgan fingerprint density at radius 1 is 1.26 bits per heavy atom. The molecule has 1 aliphatic rings. The van der Waals surface area contributed by atoms with Gasteiger partial charge in [-0.25, -0.2) is 0 Å². The van der Waals surface area contributed by atoms with Crippen molar-refractivity contribution in [2.75, 3.05) is 20.6 Å². The molecule has 0 bridgehead atoms. The lowest BCUT2D eigenvalue weighted by molar-refractivity contribution is -0.924. The molecule has 19 heavy (non-hydrogen) atoms. The minimum atomic E-state index is -0.485. The van der Waals surface area contributed by atoms with Gasteiger partial charge in [0.1, 0.15) is 11.6 Å². The van der Waals surface area contributed by atoms with E-state index in [9.17, 15) is 5.11 Å². The summed E-state index contributed by atoms with van der Waals surface area (Å²) in [5, 5.41) is 10.8. The van der Waals surface area contributed by atoms with E-state index in [2.05, 4.69) is 41.8 Å². The number of hydrogen-bond donors (Lipinski definition) is 1. The molecule has 2 heteroatoms. The van der Waals surface area contributed by atoms with E-state index in [-0.39, 0.29) is 0 Å². The molecule has 1 rings (SSSR count). The SMILES string of the molecule is CCCCC[N+](C)(C)C1CC(C(C)C)CCC1(C)O. The van der Waals surface area contributed by atoms with Crippen LogP contribution >= 0.6 is 0 Å². The lowest BCUT2D eigenvalue weighted by Gasteiger charge is -2.50. The number of nitrogens with zero attached hydrogens (tertiary/aromatic N) is 1. The summed E-state index contributed by atoms with van der Waals surface area (Å²) in [4.78, 5) is 0. The molecule has 1 fully saturated rings. The monoisotopic (exact) mass is 270 g/mol. The van der Waals surface area contributed by atoms with Gasteiger partial charge in [-0.05, 0) is 44.4 Å². The first-order valence-electron chi connectivity index (χ1n) is 8.25. The molecule has 2 nitrogen and oxygen atoms in total. The van der Waals surface area contributed by atoms with Crippen molar-refractivity contribution in [1.82, 2.24) is 0 Å². The fraction of sp³-hybridized carbons (Fsp3) is 1.00. The van der Waals surface area contributed by atoms with Gasteiger partial charge in [0.15, 0.2) is 0 Å². The molecule has 1 saturated carbocycles. The van der Waals surface area contributed by atoms with E-state index in [1.165, 1.54) is 38.6 Å². The summed E-state index contributed by atoms with van der Waals surface area (Å²) in [5.41, 5.74) is -0.485. The second kappa shape index (κ2) is 6.58. The number of quaternary nitrogens is 1. The van der Waals surface area contributed by atoms with Gasteiger partial charge in [0.2, 0.25) is 0 Å². The predicted molar refractivity (Wildman–Crippen MR) is 83.1 cm³/mol. The summed E-state index contributed by atoms with van der Waals surface area (Å²) in [6.07, 6.45) is 7.21. The van der Waals surface area contributed by atoms with Gasteiger partial charge in [-0.2, -0.15) is 0 Å². The Hall–Kier alpha value is -0.0800. The normalized spacial score (nSPS) is 32.8. The molecular formula is C17H36NO+. The van der Waals surface area contributed by atoms with Gasteiger partial charge >= 0.3 is 0 Å². The Labute approximate surface area is 120 Å². The maximum absolute atomic E-state index is 10.8. The molecule has 0 spiro atoms. The van der Waals surface area contributed by atoms with Crippen LogP contribution in [0.4, 0.5) is 0 Å². The van der Waals surface area contributed by atoms with Crippen LogP contribution in [0.15, 0.2) is 0 Å². The van der Waals surface area contributed by atoms with Crippen LogP contribution in [0.5, 0.6) is 0 Å². The molecule has 3 atom stereocenters. The molecule has 0 aromatic carbocycles. The Morgan fingerprint density at radius 2 is 1.89 bits per heavy atom. The molecule has 0 amide bonds. The third-order valence-corrected chi connectivity index (χ3v) is 5.39. The van der Waals surface area contributed by atoms with Crippen molar-refractivity contribution in [2.24, 2.45) is 11.8 Å². The Morgan fingerprint density at radius 3 is 2.42 bits per heavy atom. The maximum Gasteiger partial charge on any atom is 0.118 e. The van der Waals surface area contributed by atoms with Gasteiger partial charge in [0.05, 0.1) is 20.6 Å². The zero-order valence-corrected chi connectivity index (χ0v) is 14.1. The smallest absolute Gasteiger partial charge is 0.118 e. The van der Waals surface area contributed by atoms with Gasteiger partial charge in [-0.15, -0.1) is 0 Å². The standard InChI is InChI=1S/C17H36NO/c1-7-8-9-12-18(5,6)16-13-15(14(2)3)10-11-17(16,4)19/h14-16,19H,7-13H2,1-6H3/q+1. The molecular weight excluding hydrogens is 234 g/mol. The first-order valence-corrected chi connectivity index (χ1v) is 8.25. The van der Waals surface area contributed by atoms with Crippen molar-refractivity contribution in [2.45, 2.75) is 77.9 Å². The first-order chi connectivity index (χ1) is 8.70. The van der Waals surface area contributed by atoms with Crippen molar-refractivity contribution in [3.8, 4) is 0 Å². The first kappa shape index (κ1) is 17.0. The zero-order chi connectivity index (χ0) is 14.7. The number of aliphatic hydroxyl groups is 1. The minimum Gasteiger partial charge on any atom is -0.384 e. The van der Waals surface area contributed by atoms with Crippen LogP contribution in [0, 0.1) is 11.8 Å². The summed E-state index contributed by atoms with van der Waals surface area (Å²) in [7, 11) is 4.63. The second-order valence-electron chi connectivity index (χ2n) is 7.86. The zero-order valence-electron chi connectivity index (χ0n) is 14.1. The molecule has 0 saturated heterocycles. The van der Waals surface area contributed by atoms with Crippen molar-refractivity contribution < 1.29 is 9.59 Å². The Kier molecular flexibility index (Phi) is 5.88. The van der Waals surface area contributed by atoms with Crippen LogP contribution in [-0.2, 0) is 0 Å². The molecule has 0 aromatic rings. The van der Waals surface area contributed by atoms with Crippen LogP contribution in [-0.4, -0.2) is 41.9 Å². The fourth-order valence-corrected chi connectivity index (χ4v) is 3.87. The number of unbranched alkanes of at least 4 members (excludes halogenated alkanes) is 2. The largest absolute Gasteiger partial charge is 0.384 e. The average Bonchev–Trinajstić information content (AvgIpc) is 2.27. The van der Waals surface area contributed by atoms with Crippen molar-refractivity contribution in [3.05, 3.63) is 0 Å². The lowest BCUT2D eigenvalue weighted by Crippen LogP contribution is -2.62. The van der Waals surface area contributed by atoms with E-state index in [1.807, 2.05) is 0 Å². The summed E-state index contributed by atoms with van der Waals surface area (Å²) in [5.74, 6) is 1.53. The highest BCUT2D eigenvalue weighted by molar-refractivity contribution is 4.91. The molecule has 0 aromatic heterocycles. The molecule has 3 unspecified atom stereocenters. The van der Waals surface area contributed by atoms with Gasteiger partial charge in [-0.3, -0.25) is 0 Å². The van der Waals surface area contributed by atoms with E-state index in [0.29, 0.717) is 6.04 Å². The highest BCUT2D eigenvalue weighted by atomic mass is 16.3.